The first kappa shape index (κ1) is 16.9. The molecule has 1 heterocycles. The summed E-state index contributed by atoms with van der Waals surface area (Å²) in [5, 5.41) is 6.83. The van der Waals surface area contributed by atoms with E-state index in [0.29, 0.717) is 13.1 Å². The lowest BCUT2D eigenvalue weighted by Gasteiger charge is -2.19. The van der Waals surface area contributed by atoms with Crippen molar-refractivity contribution in [2.24, 2.45) is 7.05 Å². The second kappa shape index (κ2) is 6.73. The summed E-state index contributed by atoms with van der Waals surface area (Å²) in [6.07, 6.45) is -0.451. The van der Waals surface area contributed by atoms with Gasteiger partial charge in [-0.05, 0) is 26.8 Å². The van der Waals surface area contributed by atoms with Crippen LogP contribution in [-0.2, 0) is 11.8 Å². The Balaban J connectivity index is 2.00. The first-order chi connectivity index (χ1) is 10.8. The molecule has 0 radical (unpaired) electrons. The molecular weight excluding hydrogens is 294 g/mol. The molecule has 0 aliphatic rings. The van der Waals surface area contributed by atoms with E-state index in [1.807, 2.05) is 45.0 Å². The lowest BCUT2D eigenvalue weighted by molar-refractivity contribution is 0.0530. The Hall–Kier alpha value is -2.50. The zero-order valence-corrected chi connectivity index (χ0v) is 14.0. The molecule has 2 N–H and O–H groups in total. The number of nitrogens with one attached hydrogen (secondary N) is 2. The number of carbonyl (C=O) groups is 1. The number of carbonyl (C=O) groups excluding carboxylic acids is 1. The van der Waals surface area contributed by atoms with Crippen LogP contribution in [0, 0.1) is 0 Å². The lowest BCUT2D eigenvalue weighted by atomic mass is 10.2. The molecule has 2 rings (SSSR count). The molecule has 0 fully saturated rings. The molecule has 0 saturated carbocycles. The van der Waals surface area contributed by atoms with Crippen LogP contribution in [0.3, 0.4) is 0 Å². The van der Waals surface area contributed by atoms with Crippen LogP contribution in [0.25, 0.3) is 10.9 Å². The fourth-order valence-corrected chi connectivity index (χ4v) is 2.23. The maximum Gasteiger partial charge on any atom is 0.407 e. The van der Waals surface area contributed by atoms with Crippen molar-refractivity contribution in [3.05, 3.63) is 40.7 Å². The molecular formula is C17H23N3O3. The first-order valence-electron chi connectivity index (χ1n) is 7.57. The van der Waals surface area contributed by atoms with Gasteiger partial charge in [-0.15, -0.1) is 0 Å². The fraction of sp³-hybridized carbons (Fsp3) is 0.412. The summed E-state index contributed by atoms with van der Waals surface area (Å²) in [6, 6.07) is 9.25. The van der Waals surface area contributed by atoms with Crippen LogP contribution >= 0.6 is 0 Å². The normalized spacial score (nSPS) is 11.3. The van der Waals surface area contributed by atoms with E-state index in [2.05, 4.69) is 10.6 Å². The number of nitrogens with zero attached hydrogens (tertiary/aromatic N) is 1. The van der Waals surface area contributed by atoms with Crippen molar-refractivity contribution < 1.29 is 9.53 Å². The number of hydrogen-bond donors (Lipinski definition) is 2. The number of benzene rings is 1. The smallest absolute Gasteiger partial charge is 0.407 e. The second-order valence-electron chi connectivity index (χ2n) is 6.33. The Morgan fingerprint density at radius 3 is 2.61 bits per heavy atom. The molecule has 0 spiro atoms. The van der Waals surface area contributed by atoms with Crippen molar-refractivity contribution in [3.63, 3.8) is 0 Å². The Morgan fingerprint density at radius 2 is 1.91 bits per heavy atom. The fourth-order valence-electron chi connectivity index (χ4n) is 2.23. The minimum absolute atomic E-state index is 0.0775. The minimum Gasteiger partial charge on any atom is -0.444 e. The van der Waals surface area contributed by atoms with Crippen molar-refractivity contribution in [2.75, 3.05) is 18.4 Å². The molecule has 2 aromatic rings. The van der Waals surface area contributed by atoms with Gasteiger partial charge in [0.25, 0.3) is 5.56 Å². The molecule has 1 amide bonds. The van der Waals surface area contributed by atoms with Gasteiger partial charge in [0, 0.05) is 37.3 Å². The van der Waals surface area contributed by atoms with Crippen molar-refractivity contribution >= 4 is 22.7 Å². The third kappa shape index (κ3) is 4.48. The summed E-state index contributed by atoms with van der Waals surface area (Å²) in [5.74, 6) is 0. The predicted octanol–water partition coefficient (Wildman–Crippen LogP) is 2.48. The third-order valence-electron chi connectivity index (χ3n) is 3.26. The zero-order chi connectivity index (χ0) is 17.0. The molecule has 0 aliphatic heterocycles. The monoisotopic (exact) mass is 317 g/mol. The predicted molar refractivity (Wildman–Crippen MR) is 91.9 cm³/mol. The highest BCUT2D eigenvalue weighted by atomic mass is 16.6. The number of pyridine rings is 1. The van der Waals surface area contributed by atoms with E-state index in [4.69, 9.17) is 4.74 Å². The van der Waals surface area contributed by atoms with Gasteiger partial charge in [-0.2, -0.15) is 0 Å². The molecule has 0 aliphatic carbocycles. The van der Waals surface area contributed by atoms with Gasteiger partial charge >= 0.3 is 6.09 Å². The van der Waals surface area contributed by atoms with E-state index < -0.39 is 11.7 Å². The molecule has 6 nitrogen and oxygen atoms in total. The van der Waals surface area contributed by atoms with Crippen molar-refractivity contribution in [1.29, 1.82) is 0 Å². The summed E-state index contributed by atoms with van der Waals surface area (Å²) in [4.78, 5) is 23.6. The van der Waals surface area contributed by atoms with Crippen LogP contribution in [0.2, 0.25) is 0 Å². The number of hydrogen-bond acceptors (Lipinski definition) is 4. The zero-order valence-electron chi connectivity index (χ0n) is 14.0. The van der Waals surface area contributed by atoms with Gasteiger partial charge in [-0.1, -0.05) is 18.2 Å². The summed E-state index contributed by atoms with van der Waals surface area (Å²) in [7, 11) is 1.75. The van der Waals surface area contributed by atoms with E-state index in [9.17, 15) is 9.59 Å². The Bertz CT molecular complexity index is 760. The van der Waals surface area contributed by atoms with Crippen LogP contribution in [-0.4, -0.2) is 29.4 Å². The van der Waals surface area contributed by atoms with Gasteiger partial charge in [0.1, 0.15) is 5.60 Å². The number of aromatic nitrogens is 1. The molecule has 1 aromatic carbocycles. The number of anilines is 1. The maximum absolute atomic E-state index is 12.0. The number of amides is 1. The number of fused-ring (bicyclic) bond motifs is 1. The third-order valence-corrected chi connectivity index (χ3v) is 3.26. The van der Waals surface area contributed by atoms with Crippen LogP contribution in [0.5, 0.6) is 0 Å². The van der Waals surface area contributed by atoms with E-state index in [-0.39, 0.29) is 5.56 Å². The van der Waals surface area contributed by atoms with E-state index in [0.717, 1.165) is 16.6 Å². The lowest BCUT2D eigenvalue weighted by Crippen LogP contribution is -2.35. The van der Waals surface area contributed by atoms with Gasteiger partial charge in [0.2, 0.25) is 0 Å². The Kier molecular flexibility index (Phi) is 4.93. The van der Waals surface area contributed by atoms with Gasteiger partial charge in [-0.3, -0.25) is 4.79 Å². The average molecular weight is 317 g/mol. The maximum atomic E-state index is 12.0. The van der Waals surface area contributed by atoms with Crippen molar-refractivity contribution in [2.45, 2.75) is 26.4 Å². The summed E-state index contributed by atoms with van der Waals surface area (Å²) < 4.78 is 6.77. The van der Waals surface area contributed by atoms with Gasteiger partial charge in [-0.25, -0.2) is 4.79 Å². The van der Waals surface area contributed by atoms with Crippen LogP contribution in [0.4, 0.5) is 10.5 Å². The molecule has 124 valence electrons. The molecule has 23 heavy (non-hydrogen) atoms. The number of alkyl carbamates (subject to hydrolysis) is 1. The second-order valence-corrected chi connectivity index (χ2v) is 6.33. The SMILES string of the molecule is Cn1c(=O)cc(NCCNC(=O)OC(C)(C)C)c2ccccc21. The van der Waals surface area contributed by atoms with Crippen LogP contribution in [0.15, 0.2) is 35.1 Å². The Labute approximate surface area is 135 Å². The van der Waals surface area contributed by atoms with E-state index in [1.165, 1.54) is 0 Å². The van der Waals surface area contributed by atoms with Crippen LogP contribution < -0.4 is 16.2 Å². The van der Waals surface area contributed by atoms with Gasteiger partial charge < -0.3 is 19.9 Å². The topological polar surface area (TPSA) is 72.4 Å². The number of aryl methyl sites for hydroxylation is 1. The van der Waals surface area contributed by atoms with Crippen LogP contribution in [0.1, 0.15) is 20.8 Å². The number of ether oxygens (including phenoxy) is 1. The quantitative estimate of drug-likeness (QED) is 0.850. The minimum atomic E-state index is -0.515. The van der Waals surface area contributed by atoms with Gasteiger partial charge in [0.15, 0.2) is 0 Å². The largest absolute Gasteiger partial charge is 0.444 e. The van der Waals surface area contributed by atoms with Crippen molar-refractivity contribution in [1.82, 2.24) is 9.88 Å². The molecule has 1 aromatic heterocycles. The number of rotatable bonds is 4. The summed E-state index contributed by atoms with van der Waals surface area (Å²) >= 11 is 0. The molecule has 0 bridgehead atoms. The molecule has 0 atom stereocenters. The average Bonchev–Trinajstić information content (AvgIpc) is 2.46. The summed E-state index contributed by atoms with van der Waals surface area (Å²) in [6.45, 7) is 6.35. The van der Waals surface area contributed by atoms with E-state index >= 15 is 0 Å². The number of para-hydroxylation sites is 1. The van der Waals surface area contributed by atoms with Crippen molar-refractivity contribution in [3.8, 4) is 0 Å². The molecule has 6 heteroatoms. The standard InChI is InChI=1S/C17H23N3O3/c1-17(2,3)23-16(22)19-10-9-18-13-11-15(21)20(4)14-8-6-5-7-12(13)14/h5-8,11,18H,9-10H2,1-4H3,(H,19,22). The van der Waals surface area contributed by atoms with Gasteiger partial charge in [0.05, 0.1) is 5.52 Å². The molecule has 0 unspecified atom stereocenters. The Morgan fingerprint density at radius 1 is 1.22 bits per heavy atom. The van der Waals surface area contributed by atoms with E-state index in [1.54, 1.807) is 17.7 Å². The summed E-state index contributed by atoms with van der Waals surface area (Å²) in [5.41, 5.74) is 1.03. The first-order valence-corrected chi connectivity index (χ1v) is 7.57. The highest BCUT2D eigenvalue weighted by Crippen LogP contribution is 2.20. The highest BCUT2D eigenvalue weighted by Gasteiger charge is 2.15. The molecule has 0 saturated heterocycles. The highest BCUT2D eigenvalue weighted by molar-refractivity contribution is 5.91.